The Bertz CT molecular complexity index is 1120. The molecule has 0 bridgehead atoms. The van der Waals surface area contributed by atoms with E-state index in [1.54, 1.807) is 56.0 Å². The Labute approximate surface area is 177 Å². The molecule has 1 aromatic heterocycles. The summed E-state index contributed by atoms with van der Waals surface area (Å²) in [7, 11) is 1.73. The number of aromatic nitrogens is 2. The molecule has 0 saturated carbocycles. The second-order valence-corrected chi connectivity index (χ2v) is 6.94. The molecular weight excluding hydrogens is 409 g/mol. The molecule has 6 nitrogen and oxygen atoms in total. The number of hydrogen-bond acceptors (Lipinski definition) is 4. The van der Waals surface area contributed by atoms with E-state index < -0.39 is 11.7 Å². The van der Waals surface area contributed by atoms with E-state index in [0.29, 0.717) is 33.8 Å². The van der Waals surface area contributed by atoms with E-state index in [2.05, 4.69) is 15.6 Å². The normalized spacial score (nSPS) is 12.0. The lowest BCUT2D eigenvalue weighted by atomic mass is 10.1. The van der Waals surface area contributed by atoms with E-state index in [1.807, 2.05) is 0 Å². The summed E-state index contributed by atoms with van der Waals surface area (Å²) in [5, 5.41) is 10.9. The fraction of sp³-hybridized carbons (Fsp3) is 0.227. The number of carbonyl (C=O) groups excluding carboxylic acids is 1. The second kappa shape index (κ2) is 9.03. The zero-order valence-electron chi connectivity index (χ0n) is 17.2. The second-order valence-electron chi connectivity index (χ2n) is 6.94. The summed E-state index contributed by atoms with van der Waals surface area (Å²) in [4.78, 5) is 17.9. The summed E-state index contributed by atoms with van der Waals surface area (Å²) in [6.07, 6.45) is -2.80. The van der Waals surface area contributed by atoms with Crippen LogP contribution >= 0.6 is 0 Å². The maximum Gasteiger partial charge on any atom is 0.416 e. The summed E-state index contributed by atoms with van der Waals surface area (Å²) < 4.78 is 40.2. The lowest BCUT2D eigenvalue weighted by molar-refractivity contribution is -0.137. The van der Waals surface area contributed by atoms with Crippen molar-refractivity contribution in [2.45, 2.75) is 26.6 Å². The Balaban J connectivity index is 1.70. The molecule has 0 saturated heterocycles. The quantitative estimate of drug-likeness (QED) is 0.445. The number of amides is 1. The number of aryl methyl sites for hydroxylation is 2. The first-order valence-electron chi connectivity index (χ1n) is 9.39. The van der Waals surface area contributed by atoms with Gasteiger partial charge in [0.25, 0.3) is 5.91 Å². The van der Waals surface area contributed by atoms with Gasteiger partial charge in [0.2, 0.25) is 0 Å². The van der Waals surface area contributed by atoms with Crippen molar-refractivity contribution >= 4 is 17.3 Å². The molecule has 0 radical (unpaired) electrons. The molecule has 3 rings (SSSR count). The summed E-state index contributed by atoms with van der Waals surface area (Å²) in [6.45, 7) is 3.34. The number of hydrogen-bond donors (Lipinski definition) is 1. The van der Waals surface area contributed by atoms with Crippen molar-refractivity contribution in [2.24, 2.45) is 12.2 Å². The lowest BCUT2D eigenvalue weighted by Gasteiger charge is -2.11. The monoisotopic (exact) mass is 430 g/mol. The molecule has 0 aliphatic carbocycles. The van der Waals surface area contributed by atoms with Gasteiger partial charge in [-0.25, -0.2) is 0 Å². The standard InChI is InChI=1S/C22H21F3N4O2/c1-14(16-8-6-9-18(11-16)22(23,24)25)28-31-13-17-7-4-5-10-20(17)26-21(30)19-12-29(3)27-15(19)2/h4-12H,13H2,1-3H3,(H,26,30)/b28-14+. The molecule has 9 heteroatoms. The predicted molar refractivity (Wildman–Crippen MR) is 111 cm³/mol. The molecule has 1 N–H and O–H groups in total. The molecule has 0 atom stereocenters. The Kier molecular flexibility index (Phi) is 6.43. The zero-order chi connectivity index (χ0) is 22.6. The molecule has 31 heavy (non-hydrogen) atoms. The average molecular weight is 430 g/mol. The van der Waals surface area contributed by atoms with E-state index in [1.165, 1.54) is 12.1 Å². The molecule has 0 aliphatic rings. The van der Waals surface area contributed by atoms with Crippen molar-refractivity contribution in [1.29, 1.82) is 0 Å². The van der Waals surface area contributed by atoms with E-state index in [0.717, 1.165) is 12.1 Å². The molecule has 162 valence electrons. The van der Waals surface area contributed by atoms with Crippen LogP contribution in [0.25, 0.3) is 0 Å². The number of carbonyl (C=O) groups is 1. The van der Waals surface area contributed by atoms with Crippen molar-refractivity contribution in [3.8, 4) is 0 Å². The van der Waals surface area contributed by atoms with Gasteiger partial charge in [-0.3, -0.25) is 9.48 Å². The lowest BCUT2D eigenvalue weighted by Crippen LogP contribution is -2.14. The van der Waals surface area contributed by atoms with Crippen LogP contribution in [0.4, 0.5) is 18.9 Å². The molecule has 0 spiro atoms. The van der Waals surface area contributed by atoms with Gasteiger partial charge in [0.05, 0.1) is 22.5 Å². The molecule has 2 aromatic carbocycles. The summed E-state index contributed by atoms with van der Waals surface area (Å²) in [5.74, 6) is -0.304. The number of nitrogens with zero attached hydrogens (tertiary/aromatic N) is 3. The third-order valence-corrected chi connectivity index (χ3v) is 4.55. The Morgan fingerprint density at radius 2 is 1.94 bits per heavy atom. The van der Waals surface area contributed by atoms with Gasteiger partial charge in [-0.15, -0.1) is 0 Å². The van der Waals surface area contributed by atoms with Crippen molar-refractivity contribution in [1.82, 2.24) is 9.78 Å². The van der Waals surface area contributed by atoms with Crippen LogP contribution in [0.5, 0.6) is 0 Å². The molecule has 0 fully saturated rings. The van der Waals surface area contributed by atoms with Crippen LogP contribution < -0.4 is 5.32 Å². The Hall–Kier alpha value is -3.62. The van der Waals surface area contributed by atoms with Crippen LogP contribution in [-0.4, -0.2) is 21.4 Å². The zero-order valence-corrected chi connectivity index (χ0v) is 17.2. The van der Waals surface area contributed by atoms with Gasteiger partial charge < -0.3 is 10.2 Å². The minimum absolute atomic E-state index is 0.0266. The molecule has 0 unspecified atom stereocenters. The predicted octanol–water partition coefficient (Wildman–Crippen LogP) is 4.94. The third kappa shape index (κ3) is 5.50. The highest BCUT2D eigenvalue weighted by molar-refractivity contribution is 6.05. The Morgan fingerprint density at radius 3 is 2.61 bits per heavy atom. The van der Waals surface area contributed by atoms with E-state index in [4.69, 9.17) is 4.84 Å². The van der Waals surface area contributed by atoms with E-state index in [-0.39, 0.29) is 12.5 Å². The SMILES string of the molecule is C/C(=N\OCc1ccccc1NC(=O)c1cn(C)nc1C)c1cccc(C(F)(F)F)c1. The first-order chi connectivity index (χ1) is 14.6. The molecule has 0 aliphatic heterocycles. The molecule has 1 heterocycles. The minimum Gasteiger partial charge on any atom is -0.391 e. The number of nitrogens with one attached hydrogen (secondary N) is 1. The van der Waals surface area contributed by atoms with Crippen molar-refractivity contribution in [3.05, 3.63) is 82.7 Å². The third-order valence-electron chi connectivity index (χ3n) is 4.55. The maximum absolute atomic E-state index is 12.9. The average Bonchev–Trinajstić information content (AvgIpc) is 3.06. The van der Waals surface area contributed by atoms with Crippen LogP contribution in [0.3, 0.4) is 0 Å². The maximum atomic E-state index is 12.9. The Morgan fingerprint density at radius 1 is 1.19 bits per heavy atom. The number of halogens is 3. The molecule has 1 amide bonds. The van der Waals surface area contributed by atoms with Gasteiger partial charge in [0, 0.05) is 24.5 Å². The van der Waals surface area contributed by atoms with Crippen molar-refractivity contribution < 1.29 is 22.8 Å². The van der Waals surface area contributed by atoms with Crippen LogP contribution in [0.1, 0.15) is 39.7 Å². The first kappa shape index (κ1) is 22.1. The summed E-state index contributed by atoms with van der Waals surface area (Å²) >= 11 is 0. The van der Waals surface area contributed by atoms with Crippen molar-refractivity contribution in [2.75, 3.05) is 5.32 Å². The fourth-order valence-electron chi connectivity index (χ4n) is 2.95. The van der Waals surface area contributed by atoms with Crippen LogP contribution in [0, 0.1) is 6.92 Å². The summed E-state index contributed by atoms with van der Waals surface area (Å²) in [5.41, 5.74) is 2.13. The van der Waals surface area contributed by atoms with Gasteiger partial charge in [0.15, 0.2) is 0 Å². The molecular formula is C22H21F3N4O2. The van der Waals surface area contributed by atoms with Gasteiger partial charge in [-0.1, -0.05) is 35.5 Å². The highest BCUT2D eigenvalue weighted by atomic mass is 19.4. The van der Waals surface area contributed by atoms with Crippen LogP contribution in [0.2, 0.25) is 0 Å². The number of rotatable bonds is 6. The minimum atomic E-state index is -4.43. The van der Waals surface area contributed by atoms with Gasteiger partial charge in [-0.05, 0) is 37.6 Å². The smallest absolute Gasteiger partial charge is 0.391 e. The van der Waals surface area contributed by atoms with Gasteiger partial charge >= 0.3 is 6.18 Å². The molecule has 3 aromatic rings. The number of para-hydroxylation sites is 1. The number of benzene rings is 2. The van der Waals surface area contributed by atoms with Crippen LogP contribution in [0.15, 0.2) is 59.9 Å². The van der Waals surface area contributed by atoms with E-state index in [9.17, 15) is 18.0 Å². The summed E-state index contributed by atoms with van der Waals surface area (Å²) in [6, 6.07) is 11.9. The fourth-order valence-corrected chi connectivity index (χ4v) is 2.95. The highest BCUT2D eigenvalue weighted by Gasteiger charge is 2.30. The number of anilines is 1. The number of alkyl halides is 3. The van der Waals surface area contributed by atoms with Gasteiger partial charge in [-0.2, -0.15) is 18.3 Å². The van der Waals surface area contributed by atoms with Crippen LogP contribution in [-0.2, 0) is 24.7 Å². The number of oxime groups is 1. The highest BCUT2D eigenvalue weighted by Crippen LogP contribution is 2.29. The largest absolute Gasteiger partial charge is 0.416 e. The van der Waals surface area contributed by atoms with Crippen molar-refractivity contribution in [3.63, 3.8) is 0 Å². The topological polar surface area (TPSA) is 68.5 Å². The van der Waals surface area contributed by atoms with Gasteiger partial charge in [0.1, 0.15) is 6.61 Å². The van der Waals surface area contributed by atoms with E-state index >= 15 is 0 Å². The first-order valence-corrected chi connectivity index (χ1v) is 9.39.